The van der Waals surface area contributed by atoms with Gasteiger partial charge >= 0.3 is 0 Å². The van der Waals surface area contributed by atoms with E-state index >= 15 is 0 Å². The van der Waals surface area contributed by atoms with Crippen LogP contribution in [0.1, 0.15) is 24.8 Å². The first-order valence-electron chi connectivity index (χ1n) is 9.94. The van der Waals surface area contributed by atoms with Crippen LogP contribution in [0.15, 0.2) is 48.5 Å². The summed E-state index contributed by atoms with van der Waals surface area (Å²) in [4.78, 5) is 26.3. The molecule has 0 aliphatic carbocycles. The summed E-state index contributed by atoms with van der Waals surface area (Å²) < 4.78 is 2.31. The molecular formula is C22H23N5O2S. The van der Waals surface area contributed by atoms with Crippen LogP contribution in [-0.4, -0.2) is 33.1 Å². The Morgan fingerprint density at radius 1 is 1.23 bits per heavy atom. The Hall–Kier alpha value is -3.26. The number of carbonyl (C=O) groups excluding carboxylic acids is 2. The second-order valence-corrected chi connectivity index (χ2v) is 7.75. The summed E-state index contributed by atoms with van der Waals surface area (Å²) in [6, 6.07) is 15.4. The summed E-state index contributed by atoms with van der Waals surface area (Å²) in [5.74, 6) is 0.705. The first-order chi connectivity index (χ1) is 14.5. The molecule has 30 heavy (non-hydrogen) atoms. The molecule has 154 valence electrons. The molecule has 0 unspecified atom stereocenters. The molecule has 1 aliphatic heterocycles. The van der Waals surface area contributed by atoms with Crippen LogP contribution >= 0.6 is 12.2 Å². The van der Waals surface area contributed by atoms with E-state index in [0.717, 1.165) is 29.8 Å². The summed E-state index contributed by atoms with van der Waals surface area (Å²) in [6.07, 6.45) is 1.69. The summed E-state index contributed by atoms with van der Waals surface area (Å²) >= 11 is 5.35. The molecule has 3 aromatic rings. The maximum Gasteiger partial charge on any atom is 0.227 e. The highest BCUT2D eigenvalue weighted by atomic mass is 32.1. The van der Waals surface area contributed by atoms with Crippen LogP contribution in [0.5, 0.6) is 0 Å². The fourth-order valence-corrected chi connectivity index (χ4v) is 3.78. The van der Waals surface area contributed by atoms with Gasteiger partial charge in [0.05, 0.1) is 0 Å². The van der Waals surface area contributed by atoms with E-state index in [4.69, 9.17) is 12.2 Å². The molecule has 7 nitrogen and oxygen atoms in total. The third-order valence-corrected chi connectivity index (χ3v) is 5.46. The van der Waals surface area contributed by atoms with Gasteiger partial charge in [0.25, 0.3) is 0 Å². The van der Waals surface area contributed by atoms with Gasteiger partial charge in [0, 0.05) is 42.9 Å². The van der Waals surface area contributed by atoms with Gasteiger partial charge in [-0.05, 0) is 43.8 Å². The number of nitrogens with one attached hydrogen (secondary N) is 2. The highest BCUT2D eigenvalue weighted by Crippen LogP contribution is 2.24. The minimum absolute atomic E-state index is 0.122. The molecule has 1 aromatic heterocycles. The van der Waals surface area contributed by atoms with Crippen LogP contribution in [0, 0.1) is 11.7 Å². The number of aromatic nitrogens is 3. The lowest BCUT2D eigenvalue weighted by molar-refractivity contribution is -0.117. The predicted octanol–water partition coefficient (Wildman–Crippen LogP) is 4.07. The maximum atomic E-state index is 12.5. The first kappa shape index (κ1) is 20.0. The second-order valence-electron chi connectivity index (χ2n) is 7.37. The summed E-state index contributed by atoms with van der Waals surface area (Å²) in [7, 11) is 0. The number of nitrogens with zero attached hydrogens (tertiary/aromatic N) is 3. The summed E-state index contributed by atoms with van der Waals surface area (Å²) in [6.45, 7) is 3.16. The lowest BCUT2D eigenvalue weighted by Gasteiger charge is -2.16. The van der Waals surface area contributed by atoms with Gasteiger partial charge < -0.3 is 10.2 Å². The van der Waals surface area contributed by atoms with Crippen molar-refractivity contribution in [3.63, 3.8) is 0 Å². The average Bonchev–Trinajstić information content (AvgIpc) is 3.33. The first-order valence-corrected chi connectivity index (χ1v) is 10.3. The van der Waals surface area contributed by atoms with Gasteiger partial charge in [-0.25, -0.2) is 0 Å². The number of anilines is 2. The van der Waals surface area contributed by atoms with Crippen molar-refractivity contribution in [1.29, 1.82) is 0 Å². The quantitative estimate of drug-likeness (QED) is 0.588. The molecular weight excluding hydrogens is 398 g/mol. The molecule has 8 heteroatoms. The van der Waals surface area contributed by atoms with Crippen molar-refractivity contribution in [2.45, 2.75) is 32.7 Å². The van der Waals surface area contributed by atoms with Crippen LogP contribution in [0.4, 0.5) is 11.4 Å². The van der Waals surface area contributed by atoms with E-state index in [1.165, 1.54) is 0 Å². The zero-order chi connectivity index (χ0) is 21.1. The molecule has 0 saturated carbocycles. The molecule has 0 atom stereocenters. The van der Waals surface area contributed by atoms with E-state index in [0.29, 0.717) is 29.2 Å². The number of hydrogen-bond donors (Lipinski definition) is 2. The molecule has 2 heterocycles. The Balaban J connectivity index is 1.43. The average molecular weight is 422 g/mol. The largest absolute Gasteiger partial charge is 0.326 e. The van der Waals surface area contributed by atoms with Crippen molar-refractivity contribution in [1.82, 2.24) is 14.8 Å². The van der Waals surface area contributed by atoms with E-state index in [1.807, 2.05) is 60.0 Å². The second kappa shape index (κ2) is 8.62. The van der Waals surface area contributed by atoms with Gasteiger partial charge in [-0.15, -0.1) is 0 Å². The number of rotatable bonds is 6. The molecule has 4 rings (SSSR count). The number of benzene rings is 2. The van der Waals surface area contributed by atoms with Crippen LogP contribution in [0.25, 0.3) is 11.4 Å². The lowest BCUT2D eigenvalue weighted by atomic mass is 10.1. The number of aryl methyl sites for hydroxylation is 1. The number of hydrogen-bond acceptors (Lipinski definition) is 4. The smallest absolute Gasteiger partial charge is 0.227 e. The minimum Gasteiger partial charge on any atom is -0.326 e. The third kappa shape index (κ3) is 4.33. The van der Waals surface area contributed by atoms with Crippen molar-refractivity contribution in [3.8, 4) is 11.4 Å². The fraction of sp³-hybridized carbons (Fsp3) is 0.273. The van der Waals surface area contributed by atoms with Gasteiger partial charge in [-0.1, -0.05) is 35.9 Å². The summed E-state index contributed by atoms with van der Waals surface area (Å²) in [5, 5.41) is 10.0. The minimum atomic E-state index is -0.127. The molecule has 0 spiro atoms. The van der Waals surface area contributed by atoms with Gasteiger partial charge in [0.2, 0.25) is 11.8 Å². The van der Waals surface area contributed by atoms with E-state index in [-0.39, 0.29) is 18.2 Å². The Labute approximate surface area is 179 Å². The standard InChI is InChI=1S/C22H23N5O2S/c1-15-7-9-16(10-8-15)21-24-25-22(30)27(21)13-11-19(28)23-17-4-2-5-18(14-17)26-12-3-6-20(26)29/h2,4-5,7-10,14H,3,6,11-13H2,1H3,(H,23,28)(H,25,30). The van der Waals surface area contributed by atoms with Crippen LogP contribution in [0.2, 0.25) is 0 Å². The molecule has 0 bridgehead atoms. The molecule has 2 N–H and O–H groups in total. The zero-order valence-electron chi connectivity index (χ0n) is 16.7. The van der Waals surface area contributed by atoms with Crippen LogP contribution < -0.4 is 10.2 Å². The fourth-order valence-electron chi connectivity index (χ4n) is 3.56. The van der Waals surface area contributed by atoms with Crippen LogP contribution in [-0.2, 0) is 16.1 Å². The molecule has 2 aromatic carbocycles. The number of carbonyl (C=O) groups is 2. The Bertz CT molecular complexity index is 1130. The van der Waals surface area contributed by atoms with Gasteiger partial charge in [-0.2, -0.15) is 5.10 Å². The molecule has 1 saturated heterocycles. The zero-order valence-corrected chi connectivity index (χ0v) is 17.5. The van der Waals surface area contributed by atoms with E-state index in [2.05, 4.69) is 15.5 Å². The molecule has 1 aliphatic rings. The van der Waals surface area contributed by atoms with Crippen molar-refractivity contribution in [3.05, 3.63) is 58.9 Å². The summed E-state index contributed by atoms with van der Waals surface area (Å²) in [5.41, 5.74) is 3.59. The van der Waals surface area contributed by atoms with Crippen molar-refractivity contribution < 1.29 is 9.59 Å². The number of amides is 2. The monoisotopic (exact) mass is 421 g/mol. The third-order valence-electron chi connectivity index (χ3n) is 5.15. The van der Waals surface area contributed by atoms with E-state index in [9.17, 15) is 9.59 Å². The van der Waals surface area contributed by atoms with E-state index < -0.39 is 0 Å². The van der Waals surface area contributed by atoms with Gasteiger partial charge in [-0.3, -0.25) is 19.3 Å². The van der Waals surface area contributed by atoms with E-state index in [1.54, 1.807) is 4.90 Å². The topological polar surface area (TPSA) is 83.0 Å². The Kier molecular flexibility index (Phi) is 5.76. The normalized spacial score (nSPS) is 13.6. The Morgan fingerprint density at radius 2 is 2.03 bits per heavy atom. The van der Waals surface area contributed by atoms with Crippen molar-refractivity contribution >= 4 is 35.4 Å². The number of H-pyrrole nitrogens is 1. The van der Waals surface area contributed by atoms with Crippen molar-refractivity contribution in [2.24, 2.45) is 0 Å². The SMILES string of the molecule is Cc1ccc(-c2n[nH]c(=S)n2CCC(=O)Nc2cccc(N3CCCC3=O)c2)cc1. The highest BCUT2D eigenvalue weighted by Gasteiger charge is 2.21. The van der Waals surface area contributed by atoms with Gasteiger partial charge in [0.15, 0.2) is 10.6 Å². The maximum absolute atomic E-state index is 12.5. The highest BCUT2D eigenvalue weighted by molar-refractivity contribution is 7.71. The molecule has 0 radical (unpaired) electrons. The predicted molar refractivity (Wildman–Crippen MR) is 119 cm³/mol. The molecule has 1 fully saturated rings. The van der Waals surface area contributed by atoms with Gasteiger partial charge in [0.1, 0.15) is 0 Å². The molecule has 2 amide bonds. The number of aromatic amines is 1. The lowest BCUT2D eigenvalue weighted by Crippen LogP contribution is -2.23. The Morgan fingerprint density at radius 3 is 2.77 bits per heavy atom. The van der Waals surface area contributed by atoms with Crippen LogP contribution in [0.3, 0.4) is 0 Å². The van der Waals surface area contributed by atoms with Crippen molar-refractivity contribution in [2.75, 3.05) is 16.8 Å².